The van der Waals surface area contributed by atoms with Crippen LogP contribution < -0.4 is 15.6 Å². The summed E-state index contributed by atoms with van der Waals surface area (Å²) in [6.07, 6.45) is 0.407. The molecule has 3 rings (SSSR count). The van der Waals surface area contributed by atoms with Crippen LogP contribution in [0.25, 0.3) is 0 Å². The number of methoxy groups -OCH3 is 1. The predicted molar refractivity (Wildman–Crippen MR) is 109 cm³/mol. The van der Waals surface area contributed by atoms with Gasteiger partial charge in [-0.15, -0.1) is 10.2 Å². The minimum absolute atomic E-state index is 0.0964. The van der Waals surface area contributed by atoms with Crippen LogP contribution in [0.2, 0.25) is 0 Å². The number of benzene rings is 2. The molecule has 144 valence electrons. The first kappa shape index (κ1) is 19.6. The van der Waals surface area contributed by atoms with Gasteiger partial charge in [-0.25, -0.2) is 0 Å². The molecule has 0 aliphatic heterocycles. The van der Waals surface area contributed by atoms with E-state index in [1.54, 1.807) is 31.4 Å². The van der Waals surface area contributed by atoms with E-state index in [2.05, 4.69) is 20.5 Å². The highest BCUT2D eigenvalue weighted by atomic mass is 32.2. The summed E-state index contributed by atoms with van der Waals surface area (Å²) in [5.74, 6) is 0.536. The molecule has 0 fully saturated rings. The number of carbonyl (C=O) groups is 1. The molecule has 1 amide bonds. The number of aryl methyl sites for hydroxylation is 1. The van der Waals surface area contributed by atoms with E-state index in [1.807, 2.05) is 31.2 Å². The molecule has 2 aromatic carbocycles. The number of thioether (sulfide) groups is 1. The van der Waals surface area contributed by atoms with Crippen molar-refractivity contribution in [1.82, 2.24) is 15.2 Å². The van der Waals surface area contributed by atoms with Crippen LogP contribution in [0.5, 0.6) is 5.75 Å². The lowest BCUT2D eigenvalue weighted by molar-refractivity contribution is -0.113. The number of anilines is 1. The minimum Gasteiger partial charge on any atom is -0.497 e. The van der Waals surface area contributed by atoms with Crippen molar-refractivity contribution in [3.8, 4) is 5.75 Å². The molecule has 1 aromatic heterocycles. The fourth-order valence-corrected chi connectivity index (χ4v) is 3.06. The van der Waals surface area contributed by atoms with Gasteiger partial charge < -0.3 is 10.1 Å². The Morgan fingerprint density at radius 2 is 1.96 bits per heavy atom. The molecule has 8 heteroatoms. The zero-order valence-electron chi connectivity index (χ0n) is 15.6. The lowest BCUT2D eigenvalue weighted by Crippen LogP contribution is -2.19. The molecule has 0 saturated carbocycles. The number of amides is 1. The highest BCUT2D eigenvalue weighted by Crippen LogP contribution is 2.17. The highest BCUT2D eigenvalue weighted by Gasteiger charge is 2.09. The van der Waals surface area contributed by atoms with Crippen LogP contribution in [0.3, 0.4) is 0 Å². The van der Waals surface area contributed by atoms with Crippen molar-refractivity contribution in [1.29, 1.82) is 0 Å². The summed E-state index contributed by atoms with van der Waals surface area (Å²) in [5.41, 5.74) is 2.82. The second-order valence-electron chi connectivity index (χ2n) is 6.14. The second-order valence-corrected chi connectivity index (χ2v) is 7.10. The smallest absolute Gasteiger partial charge is 0.273 e. The van der Waals surface area contributed by atoms with Gasteiger partial charge in [-0.3, -0.25) is 14.6 Å². The molecule has 0 unspecified atom stereocenters. The second kappa shape index (κ2) is 9.18. The molecule has 0 radical (unpaired) electrons. The molecule has 0 bridgehead atoms. The maximum atomic E-state index is 12.2. The van der Waals surface area contributed by atoms with E-state index in [1.165, 1.54) is 0 Å². The normalized spacial score (nSPS) is 10.5. The Balaban J connectivity index is 1.57. The largest absolute Gasteiger partial charge is 0.497 e. The Kier molecular flexibility index (Phi) is 6.44. The SMILES string of the molecule is COc1cccc(NC(=O)CSc2nnc(Cc3ccc(C)cc3)c(=O)[nH]2)c1. The molecule has 28 heavy (non-hydrogen) atoms. The highest BCUT2D eigenvalue weighted by molar-refractivity contribution is 7.99. The van der Waals surface area contributed by atoms with Gasteiger partial charge in [-0.1, -0.05) is 47.7 Å². The summed E-state index contributed by atoms with van der Waals surface area (Å²) in [7, 11) is 1.56. The van der Waals surface area contributed by atoms with E-state index >= 15 is 0 Å². The maximum Gasteiger partial charge on any atom is 0.273 e. The fourth-order valence-electron chi connectivity index (χ4n) is 2.46. The average Bonchev–Trinajstić information content (AvgIpc) is 2.70. The number of nitrogens with zero attached hydrogens (tertiary/aromatic N) is 2. The molecule has 2 N–H and O–H groups in total. The maximum absolute atomic E-state index is 12.2. The Hall–Kier alpha value is -3.13. The van der Waals surface area contributed by atoms with Crippen molar-refractivity contribution in [2.75, 3.05) is 18.2 Å². The van der Waals surface area contributed by atoms with Crippen molar-refractivity contribution in [3.05, 3.63) is 75.7 Å². The van der Waals surface area contributed by atoms with E-state index < -0.39 is 0 Å². The standard InChI is InChI=1S/C20H20N4O3S/c1-13-6-8-14(9-7-13)10-17-19(26)22-20(24-23-17)28-12-18(25)21-15-4-3-5-16(11-15)27-2/h3-9,11H,10,12H2,1-2H3,(H,21,25)(H,22,24,26). The van der Waals surface area contributed by atoms with Crippen molar-refractivity contribution in [3.63, 3.8) is 0 Å². The topological polar surface area (TPSA) is 97.0 Å². The zero-order valence-corrected chi connectivity index (χ0v) is 16.4. The number of hydrogen-bond acceptors (Lipinski definition) is 6. The number of hydrogen-bond donors (Lipinski definition) is 2. The third kappa shape index (κ3) is 5.43. The van der Waals surface area contributed by atoms with Gasteiger partial charge in [-0.05, 0) is 24.6 Å². The summed E-state index contributed by atoms with van der Waals surface area (Å²) < 4.78 is 5.12. The van der Waals surface area contributed by atoms with Crippen molar-refractivity contribution < 1.29 is 9.53 Å². The lowest BCUT2D eigenvalue weighted by atomic mass is 10.1. The molecule has 0 saturated heterocycles. The quantitative estimate of drug-likeness (QED) is 0.596. The van der Waals surface area contributed by atoms with E-state index in [0.717, 1.165) is 22.9 Å². The summed E-state index contributed by atoms with van der Waals surface area (Å²) >= 11 is 1.12. The average molecular weight is 396 g/mol. The molecule has 1 heterocycles. The Labute approximate surface area is 166 Å². The molecule has 0 aliphatic carbocycles. The van der Waals surface area contributed by atoms with Crippen LogP contribution in [0.4, 0.5) is 5.69 Å². The molecule has 0 atom stereocenters. The van der Waals surface area contributed by atoms with E-state index in [0.29, 0.717) is 28.7 Å². The van der Waals surface area contributed by atoms with Gasteiger partial charge in [-0.2, -0.15) is 0 Å². The first-order valence-corrected chi connectivity index (χ1v) is 9.60. The summed E-state index contributed by atoms with van der Waals surface area (Å²) in [5, 5.41) is 11.1. The number of H-pyrrole nitrogens is 1. The number of aromatic nitrogens is 3. The molecule has 7 nitrogen and oxygen atoms in total. The molecule has 3 aromatic rings. The van der Waals surface area contributed by atoms with Gasteiger partial charge in [0.25, 0.3) is 5.56 Å². The molecular formula is C20H20N4O3S. The minimum atomic E-state index is -0.300. The molecule has 0 spiro atoms. The number of ether oxygens (including phenoxy) is 1. The number of rotatable bonds is 7. The van der Waals surface area contributed by atoms with E-state index in [9.17, 15) is 9.59 Å². The van der Waals surface area contributed by atoms with Gasteiger partial charge in [0.1, 0.15) is 11.4 Å². The van der Waals surface area contributed by atoms with Crippen molar-refractivity contribution >= 4 is 23.4 Å². The van der Waals surface area contributed by atoms with Crippen molar-refractivity contribution in [2.24, 2.45) is 0 Å². The third-order valence-electron chi connectivity index (χ3n) is 3.93. The monoisotopic (exact) mass is 396 g/mol. The van der Waals surface area contributed by atoms with Gasteiger partial charge in [0.05, 0.1) is 12.9 Å². The van der Waals surface area contributed by atoms with Crippen molar-refractivity contribution in [2.45, 2.75) is 18.5 Å². The number of aromatic amines is 1. The third-order valence-corrected chi connectivity index (χ3v) is 4.79. The van der Waals surface area contributed by atoms with Crippen LogP contribution in [0.1, 0.15) is 16.8 Å². The fraction of sp³-hybridized carbons (Fsp3) is 0.200. The van der Waals surface area contributed by atoms with Gasteiger partial charge in [0.15, 0.2) is 5.16 Å². The summed E-state index contributed by atoms with van der Waals surface area (Å²) in [6, 6.07) is 15.0. The first-order chi connectivity index (χ1) is 13.5. The predicted octanol–water partition coefficient (Wildman–Crippen LogP) is 2.80. The van der Waals surface area contributed by atoms with Gasteiger partial charge in [0.2, 0.25) is 5.91 Å². The Morgan fingerprint density at radius 3 is 2.68 bits per heavy atom. The number of nitrogens with one attached hydrogen (secondary N) is 2. The van der Waals surface area contributed by atoms with Gasteiger partial charge in [0, 0.05) is 18.2 Å². The Morgan fingerprint density at radius 1 is 1.18 bits per heavy atom. The lowest BCUT2D eigenvalue weighted by Gasteiger charge is -2.06. The van der Waals surface area contributed by atoms with Crippen LogP contribution in [-0.4, -0.2) is 34.0 Å². The summed E-state index contributed by atoms with van der Waals surface area (Å²) in [6.45, 7) is 2.01. The zero-order chi connectivity index (χ0) is 19.9. The van der Waals surface area contributed by atoms with Gasteiger partial charge >= 0.3 is 0 Å². The first-order valence-electron chi connectivity index (χ1n) is 8.61. The number of carbonyl (C=O) groups excluding carboxylic acids is 1. The Bertz CT molecular complexity index is 1020. The van der Waals surface area contributed by atoms with E-state index in [4.69, 9.17) is 4.74 Å². The van der Waals surface area contributed by atoms with E-state index in [-0.39, 0.29) is 17.2 Å². The van der Waals surface area contributed by atoms with Crippen LogP contribution in [-0.2, 0) is 11.2 Å². The summed E-state index contributed by atoms with van der Waals surface area (Å²) in [4.78, 5) is 27.0. The van der Waals surface area contributed by atoms with Crippen LogP contribution in [0.15, 0.2) is 58.5 Å². The molecule has 0 aliphatic rings. The van der Waals surface area contributed by atoms with Crippen LogP contribution in [0, 0.1) is 6.92 Å². The van der Waals surface area contributed by atoms with Crippen LogP contribution >= 0.6 is 11.8 Å². The molecular weight excluding hydrogens is 376 g/mol.